The van der Waals surface area contributed by atoms with Gasteiger partial charge in [0, 0.05) is 23.6 Å². The van der Waals surface area contributed by atoms with Crippen LogP contribution >= 0.6 is 27.5 Å². The normalized spacial score (nSPS) is 10.3. The van der Waals surface area contributed by atoms with Crippen molar-refractivity contribution < 1.29 is 0 Å². The highest BCUT2D eigenvalue weighted by Gasteiger charge is 2.09. The Labute approximate surface area is 132 Å². The molecule has 0 unspecified atom stereocenters. The molecule has 0 saturated heterocycles. The molecule has 2 aromatic carbocycles. The summed E-state index contributed by atoms with van der Waals surface area (Å²) in [6.45, 7) is 0.749. The van der Waals surface area contributed by atoms with Crippen molar-refractivity contribution in [3.05, 3.63) is 63.1 Å². The van der Waals surface area contributed by atoms with Crippen LogP contribution in [0.2, 0.25) is 5.02 Å². The van der Waals surface area contributed by atoms with Crippen molar-refractivity contribution >= 4 is 39.1 Å². The highest BCUT2D eigenvalue weighted by Crippen LogP contribution is 2.27. The molecule has 0 bridgehead atoms. The molecule has 0 heterocycles. The zero-order chi connectivity index (χ0) is 14.7. The summed E-state index contributed by atoms with van der Waals surface area (Å²) in [7, 11) is 1.98. The lowest BCUT2D eigenvalue weighted by Crippen LogP contribution is -2.17. The molecule has 0 radical (unpaired) electrons. The van der Waals surface area contributed by atoms with Crippen molar-refractivity contribution in [1.29, 1.82) is 5.41 Å². The fraction of sp³-hybridized carbons (Fsp3) is 0.133. The van der Waals surface area contributed by atoms with E-state index in [-0.39, 0.29) is 5.84 Å². The van der Waals surface area contributed by atoms with E-state index in [1.165, 1.54) is 5.56 Å². The third-order valence-electron chi connectivity index (χ3n) is 2.98. The highest BCUT2D eigenvalue weighted by molar-refractivity contribution is 9.10. The molecule has 0 fully saturated rings. The van der Waals surface area contributed by atoms with E-state index < -0.39 is 0 Å². The van der Waals surface area contributed by atoms with Crippen LogP contribution in [0.3, 0.4) is 0 Å². The summed E-state index contributed by atoms with van der Waals surface area (Å²) in [6.07, 6.45) is 0. The van der Waals surface area contributed by atoms with Crippen LogP contribution < -0.4 is 10.6 Å². The van der Waals surface area contributed by atoms with E-state index in [4.69, 9.17) is 22.7 Å². The zero-order valence-electron chi connectivity index (χ0n) is 11.0. The Kier molecular flexibility index (Phi) is 4.68. The molecular formula is C15H15BrClN3. The number of hydrogen-bond acceptors (Lipinski definition) is 2. The maximum atomic E-state index is 7.41. The number of nitrogen functional groups attached to an aromatic ring is 1. The number of nitrogens with one attached hydrogen (secondary N) is 1. The molecule has 3 N–H and O–H groups in total. The molecule has 0 aliphatic heterocycles. The van der Waals surface area contributed by atoms with Gasteiger partial charge in [0.1, 0.15) is 5.84 Å². The Morgan fingerprint density at radius 3 is 2.65 bits per heavy atom. The van der Waals surface area contributed by atoms with Crippen molar-refractivity contribution in [3.63, 3.8) is 0 Å². The van der Waals surface area contributed by atoms with Gasteiger partial charge >= 0.3 is 0 Å². The molecule has 0 aliphatic carbocycles. The lowest BCUT2D eigenvalue weighted by Gasteiger charge is -2.21. The van der Waals surface area contributed by atoms with Gasteiger partial charge in [0.05, 0.1) is 10.7 Å². The van der Waals surface area contributed by atoms with Crippen molar-refractivity contribution in [1.82, 2.24) is 0 Å². The predicted molar refractivity (Wildman–Crippen MR) is 88.7 cm³/mol. The van der Waals surface area contributed by atoms with Gasteiger partial charge in [-0.3, -0.25) is 5.41 Å². The summed E-state index contributed by atoms with van der Waals surface area (Å²) in [5, 5.41) is 8.01. The van der Waals surface area contributed by atoms with E-state index >= 15 is 0 Å². The molecule has 5 heteroatoms. The first-order valence-corrected chi connectivity index (χ1v) is 7.24. The lowest BCUT2D eigenvalue weighted by molar-refractivity contribution is 0.922. The number of rotatable bonds is 4. The summed E-state index contributed by atoms with van der Waals surface area (Å²) >= 11 is 9.73. The van der Waals surface area contributed by atoms with E-state index in [9.17, 15) is 0 Å². The van der Waals surface area contributed by atoms with Crippen molar-refractivity contribution in [2.45, 2.75) is 6.54 Å². The zero-order valence-corrected chi connectivity index (χ0v) is 13.4. The van der Waals surface area contributed by atoms with E-state index in [0.717, 1.165) is 16.7 Å². The van der Waals surface area contributed by atoms with Crippen LogP contribution in [0.25, 0.3) is 0 Å². The summed E-state index contributed by atoms with van der Waals surface area (Å²) in [5.41, 5.74) is 8.19. The Balaban J connectivity index is 2.21. The average Bonchev–Trinajstić information content (AvgIpc) is 2.38. The summed E-state index contributed by atoms with van der Waals surface area (Å²) in [4.78, 5) is 2.06. The van der Waals surface area contributed by atoms with Crippen LogP contribution in [0.15, 0.2) is 46.9 Å². The second-order valence-electron chi connectivity index (χ2n) is 4.57. The maximum Gasteiger partial charge on any atom is 0.122 e. The largest absolute Gasteiger partial charge is 0.384 e. The minimum absolute atomic E-state index is 0.0214. The second kappa shape index (κ2) is 6.29. The molecule has 2 rings (SSSR count). The van der Waals surface area contributed by atoms with Gasteiger partial charge in [-0.15, -0.1) is 0 Å². The number of amidine groups is 1. The average molecular weight is 353 g/mol. The van der Waals surface area contributed by atoms with E-state index in [1.54, 1.807) is 12.1 Å². The predicted octanol–water partition coefficient (Wildman–Crippen LogP) is 4.02. The number of nitrogens with zero attached hydrogens (tertiary/aromatic N) is 1. The second-order valence-corrected chi connectivity index (χ2v) is 5.89. The number of anilines is 1. The Morgan fingerprint density at radius 1 is 1.30 bits per heavy atom. The van der Waals surface area contributed by atoms with Crippen molar-refractivity contribution in [3.8, 4) is 0 Å². The first-order valence-electron chi connectivity index (χ1n) is 6.07. The third-order valence-corrected chi connectivity index (χ3v) is 3.77. The molecular weight excluding hydrogens is 338 g/mol. The number of hydrogen-bond donors (Lipinski definition) is 2. The van der Waals surface area contributed by atoms with Crippen LogP contribution in [0.1, 0.15) is 11.1 Å². The van der Waals surface area contributed by atoms with E-state index in [2.05, 4.69) is 33.0 Å². The minimum atomic E-state index is 0.0214. The lowest BCUT2D eigenvalue weighted by atomic mass is 10.1. The van der Waals surface area contributed by atoms with Gasteiger partial charge in [-0.05, 0) is 35.9 Å². The number of halogens is 2. The SMILES string of the molecule is CN(Cc1cccc(Br)c1)c1ccc(C(=N)N)cc1Cl. The van der Waals surface area contributed by atoms with Gasteiger partial charge in [-0.25, -0.2) is 0 Å². The van der Waals surface area contributed by atoms with Crippen LogP contribution in [0.4, 0.5) is 5.69 Å². The molecule has 20 heavy (non-hydrogen) atoms. The van der Waals surface area contributed by atoms with Gasteiger partial charge in [0.25, 0.3) is 0 Å². The maximum absolute atomic E-state index is 7.41. The van der Waals surface area contributed by atoms with E-state index in [0.29, 0.717) is 10.6 Å². The van der Waals surface area contributed by atoms with Gasteiger partial charge in [-0.1, -0.05) is 39.7 Å². The van der Waals surface area contributed by atoms with Crippen LogP contribution in [0, 0.1) is 5.41 Å². The summed E-state index contributed by atoms with van der Waals surface area (Å²) < 4.78 is 1.06. The Morgan fingerprint density at radius 2 is 2.05 bits per heavy atom. The molecule has 0 saturated carbocycles. The fourth-order valence-corrected chi connectivity index (χ4v) is 2.75. The monoisotopic (exact) mass is 351 g/mol. The molecule has 0 atom stereocenters. The summed E-state index contributed by atoms with van der Waals surface area (Å²) in [6, 6.07) is 13.6. The van der Waals surface area contributed by atoms with Gasteiger partial charge in [0.2, 0.25) is 0 Å². The molecule has 0 aromatic heterocycles. The van der Waals surface area contributed by atoms with Crippen LogP contribution in [0.5, 0.6) is 0 Å². The quantitative estimate of drug-likeness (QED) is 0.645. The fourth-order valence-electron chi connectivity index (χ4n) is 1.98. The molecule has 0 amide bonds. The van der Waals surface area contributed by atoms with Gasteiger partial charge < -0.3 is 10.6 Å². The minimum Gasteiger partial charge on any atom is -0.384 e. The smallest absolute Gasteiger partial charge is 0.122 e. The first kappa shape index (κ1) is 14.9. The van der Waals surface area contributed by atoms with Gasteiger partial charge in [-0.2, -0.15) is 0 Å². The van der Waals surface area contributed by atoms with E-state index in [1.807, 2.05) is 25.2 Å². The van der Waals surface area contributed by atoms with Crippen LogP contribution in [-0.4, -0.2) is 12.9 Å². The van der Waals surface area contributed by atoms with Crippen molar-refractivity contribution in [2.24, 2.45) is 5.73 Å². The summed E-state index contributed by atoms with van der Waals surface area (Å²) in [5.74, 6) is 0.0214. The van der Waals surface area contributed by atoms with Gasteiger partial charge in [0.15, 0.2) is 0 Å². The number of benzene rings is 2. The highest BCUT2D eigenvalue weighted by atomic mass is 79.9. The van der Waals surface area contributed by atoms with Crippen LogP contribution in [-0.2, 0) is 6.54 Å². The molecule has 3 nitrogen and oxygen atoms in total. The third kappa shape index (κ3) is 3.52. The van der Waals surface area contributed by atoms with Crippen molar-refractivity contribution in [2.75, 3.05) is 11.9 Å². The standard InChI is InChI=1S/C15H15BrClN3/c1-20(9-10-3-2-4-12(16)7-10)14-6-5-11(15(18)19)8-13(14)17/h2-8H,9H2,1H3,(H3,18,19). The first-order chi connectivity index (χ1) is 9.47. The molecule has 104 valence electrons. The molecule has 0 aliphatic rings. The Hall–Kier alpha value is -1.52. The molecule has 2 aromatic rings. The Bertz CT molecular complexity index is 643. The number of nitrogens with two attached hydrogens (primary N) is 1. The molecule has 0 spiro atoms. The topological polar surface area (TPSA) is 53.1 Å².